The van der Waals surface area contributed by atoms with Crippen LogP contribution in [0.2, 0.25) is 6.32 Å². The highest BCUT2D eigenvalue weighted by molar-refractivity contribution is 6.08. The normalized spacial score (nSPS) is 22.5. The summed E-state index contributed by atoms with van der Waals surface area (Å²) in [6.45, 7) is 8.01. The maximum atomic E-state index is 6.62. The Morgan fingerprint density at radius 2 is 1.96 bits per heavy atom. The number of hydrogen-bond acceptors (Lipinski definition) is 3. The third-order valence-electron chi connectivity index (χ3n) is 5.90. The van der Waals surface area contributed by atoms with Crippen LogP contribution < -0.4 is 5.73 Å². The summed E-state index contributed by atoms with van der Waals surface area (Å²) in [5.41, 5.74) is 10.9. The van der Waals surface area contributed by atoms with E-state index in [-0.39, 0.29) is 5.54 Å². The zero-order chi connectivity index (χ0) is 17.2. The number of aryl methyl sites for hydroxylation is 2. The Kier molecular flexibility index (Phi) is 5.68. The number of rotatable bonds is 6. The third-order valence-corrected chi connectivity index (χ3v) is 5.90. The molecule has 4 heteroatoms. The van der Waals surface area contributed by atoms with E-state index in [0.29, 0.717) is 0 Å². The van der Waals surface area contributed by atoms with E-state index in [2.05, 4.69) is 42.0 Å². The van der Waals surface area contributed by atoms with Crippen molar-refractivity contribution in [3.63, 3.8) is 0 Å². The molecule has 0 aliphatic carbocycles. The molecule has 3 nitrogen and oxygen atoms in total. The molecule has 2 radical (unpaired) electrons. The molecule has 0 saturated carbocycles. The van der Waals surface area contributed by atoms with Crippen LogP contribution in [0.3, 0.4) is 0 Å². The smallest absolute Gasteiger partial charge is 0.0657 e. The van der Waals surface area contributed by atoms with Gasteiger partial charge in [-0.15, -0.1) is 0 Å². The molecule has 0 atom stereocenters. The Morgan fingerprint density at radius 1 is 1.25 bits per heavy atom. The molecule has 3 rings (SSSR count). The molecule has 2 aliphatic heterocycles. The van der Waals surface area contributed by atoms with Crippen LogP contribution in [0.5, 0.6) is 0 Å². The van der Waals surface area contributed by atoms with Crippen molar-refractivity contribution in [2.24, 2.45) is 11.7 Å². The minimum atomic E-state index is 0.0390. The minimum Gasteiger partial charge on any atom is -0.324 e. The molecule has 2 saturated heterocycles. The van der Waals surface area contributed by atoms with Crippen LogP contribution in [0.25, 0.3) is 0 Å². The molecule has 0 amide bonds. The first-order valence-electron chi connectivity index (χ1n) is 9.46. The highest BCUT2D eigenvalue weighted by Gasteiger charge is 2.36. The molecule has 130 valence electrons. The maximum absolute atomic E-state index is 6.62. The van der Waals surface area contributed by atoms with Crippen molar-refractivity contribution in [1.29, 1.82) is 0 Å². The second-order valence-corrected chi connectivity index (χ2v) is 8.23. The molecule has 2 aliphatic rings. The van der Waals surface area contributed by atoms with Gasteiger partial charge in [-0.05, 0) is 75.4 Å². The zero-order valence-electron chi connectivity index (χ0n) is 15.4. The van der Waals surface area contributed by atoms with Crippen molar-refractivity contribution in [2.75, 3.05) is 39.8 Å². The molecule has 0 unspecified atom stereocenters. The van der Waals surface area contributed by atoms with Gasteiger partial charge < -0.3 is 15.5 Å². The lowest BCUT2D eigenvalue weighted by molar-refractivity contribution is 0.0530. The van der Waals surface area contributed by atoms with Gasteiger partial charge >= 0.3 is 0 Å². The molecule has 0 bridgehead atoms. The summed E-state index contributed by atoms with van der Waals surface area (Å²) in [5, 5.41) is 0. The molecular formula is C20H32BN3. The van der Waals surface area contributed by atoms with Crippen molar-refractivity contribution < 1.29 is 0 Å². The van der Waals surface area contributed by atoms with Gasteiger partial charge in [-0.2, -0.15) is 0 Å². The quantitative estimate of drug-likeness (QED) is 0.812. The van der Waals surface area contributed by atoms with Crippen LogP contribution >= 0.6 is 0 Å². The van der Waals surface area contributed by atoms with Gasteiger partial charge in [-0.25, -0.2) is 0 Å². The fraction of sp³-hybridized carbons (Fsp3) is 0.700. The average Bonchev–Trinajstić information content (AvgIpc) is 2.51. The lowest BCUT2D eigenvalue weighted by Crippen LogP contribution is -2.60. The van der Waals surface area contributed by atoms with Gasteiger partial charge in [0.15, 0.2) is 0 Å². The highest BCUT2D eigenvalue weighted by atomic mass is 15.2. The van der Waals surface area contributed by atoms with Gasteiger partial charge in [0, 0.05) is 25.2 Å². The fourth-order valence-corrected chi connectivity index (χ4v) is 4.22. The summed E-state index contributed by atoms with van der Waals surface area (Å²) in [6, 6.07) is 6.87. The van der Waals surface area contributed by atoms with E-state index < -0.39 is 0 Å². The van der Waals surface area contributed by atoms with Crippen LogP contribution in [0.15, 0.2) is 18.2 Å². The molecule has 24 heavy (non-hydrogen) atoms. The molecular weight excluding hydrogens is 293 g/mol. The summed E-state index contributed by atoms with van der Waals surface area (Å²) in [5.74, 6) is 0.791. The molecule has 2 heterocycles. The summed E-state index contributed by atoms with van der Waals surface area (Å²) < 4.78 is 0. The first-order chi connectivity index (χ1) is 11.5. The fourth-order valence-electron chi connectivity index (χ4n) is 4.22. The lowest BCUT2D eigenvalue weighted by atomic mass is 9.84. The molecule has 1 aromatic rings. The van der Waals surface area contributed by atoms with E-state index in [9.17, 15) is 0 Å². The highest BCUT2D eigenvalue weighted by Crippen LogP contribution is 2.27. The number of nitrogens with zero attached hydrogens (tertiary/aromatic N) is 2. The molecule has 0 spiro atoms. The maximum Gasteiger partial charge on any atom is 0.0657 e. The zero-order valence-corrected chi connectivity index (χ0v) is 15.4. The van der Waals surface area contributed by atoms with Crippen molar-refractivity contribution in [2.45, 2.75) is 44.5 Å². The topological polar surface area (TPSA) is 32.5 Å². The first-order valence-corrected chi connectivity index (χ1v) is 9.46. The average molecular weight is 325 g/mol. The van der Waals surface area contributed by atoms with E-state index in [4.69, 9.17) is 13.6 Å². The summed E-state index contributed by atoms with van der Waals surface area (Å²) in [7, 11) is 7.85. The van der Waals surface area contributed by atoms with E-state index in [1.54, 1.807) is 0 Å². The Labute approximate surface area is 149 Å². The Balaban J connectivity index is 1.45. The van der Waals surface area contributed by atoms with Crippen LogP contribution in [0.4, 0.5) is 0 Å². The van der Waals surface area contributed by atoms with E-state index in [0.717, 1.165) is 51.1 Å². The van der Waals surface area contributed by atoms with Gasteiger partial charge in [0.2, 0.25) is 0 Å². The van der Waals surface area contributed by atoms with Crippen molar-refractivity contribution in [3.8, 4) is 0 Å². The van der Waals surface area contributed by atoms with Gasteiger partial charge in [0.1, 0.15) is 0 Å². The second kappa shape index (κ2) is 7.59. The van der Waals surface area contributed by atoms with E-state index >= 15 is 0 Å². The lowest BCUT2D eigenvalue weighted by Gasteiger charge is -2.47. The van der Waals surface area contributed by atoms with Gasteiger partial charge in [0.25, 0.3) is 0 Å². The standard InChI is InChI=1S/C20H32BN3/c1-16-11-17(5-8-21)3-4-19(16)12-18-13-24(14-18)15-20(22)6-9-23(2)10-7-20/h3-4,11,18H,5-10,12-15,22H2,1-2H3. The molecule has 2 fully saturated rings. The summed E-state index contributed by atoms with van der Waals surface area (Å²) in [6.07, 6.45) is 5.17. The molecule has 0 aromatic heterocycles. The number of nitrogens with two attached hydrogens (primary N) is 1. The van der Waals surface area contributed by atoms with Gasteiger partial charge in [-0.1, -0.05) is 24.5 Å². The number of hydrogen-bond donors (Lipinski definition) is 1. The minimum absolute atomic E-state index is 0.0390. The number of piperidine rings is 1. The van der Waals surface area contributed by atoms with Crippen molar-refractivity contribution in [1.82, 2.24) is 9.80 Å². The number of benzene rings is 1. The van der Waals surface area contributed by atoms with Crippen LogP contribution in [0, 0.1) is 12.8 Å². The Hall–Kier alpha value is -0.835. The first kappa shape index (κ1) is 18.0. The monoisotopic (exact) mass is 325 g/mol. The largest absolute Gasteiger partial charge is 0.324 e. The van der Waals surface area contributed by atoms with E-state index in [1.807, 2.05) is 0 Å². The molecule has 1 aromatic carbocycles. The Bertz CT molecular complexity index is 546. The predicted octanol–water partition coefficient (Wildman–Crippen LogP) is 2.02. The second-order valence-electron chi connectivity index (χ2n) is 8.23. The van der Waals surface area contributed by atoms with Crippen molar-refractivity contribution >= 4 is 7.85 Å². The SMILES string of the molecule is [B]CCc1ccc(CC2CN(CC3(N)CCN(C)CC3)C2)c(C)c1. The third kappa shape index (κ3) is 4.41. The summed E-state index contributed by atoms with van der Waals surface area (Å²) in [4.78, 5) is 4.95. The number of likely N-dealkylation sites (tertiary alicyclic amines) is 2. The van der Waals surface area contributed by atoms with Gasteiger partial charge in [-0.3, -0.25) is 0 Å². The van der Waals surface area contributed by atoms with Crippen molar-refractivity contribution in [3.05, 3.63) is 34.9 Å². The van der Waals surface area contributed by atoms with Crippen LogP contribution in [-0.2, 0) is 12.8 Å². The Morgan fingerprint density at radius 3 is 2.58 bits per heavy atom. The van der Waals surface area contributed by atoms with E-state index in [1.165, 1.54) is 36.2 Å². The predicted molar refractivity (Wildman–Crippen MR) is 103 cm³/mol. The van der Waals surface area contributed by atoms with Gasteiger partial charge in [0.05, 0.1) is 7.85 Å². The van der Waals surface area contributed by atoms with Crippen LogP contribution in [-0.4, -0.2) is 63.0 Å². The molecule has 2 N–H and O–H groups in total. The summed E-state index contributed by atoms with van der Waals surface area (Å²) >= 11 is 0. The van der Waals surface area contributed by atoms with Crippen LogP contribution in [0.1, 0.15) is 29.5 Å².